The Morgan fingerprint density at radius 1 is 0.227 bits per heavy atom. The van der Waals surface area contributed by atoms with Crippen LogP contribution in [-0.4, -0.2) is 47.0 Å². The zero-order valence-corrected chi connectivity index (χ0v) is 40.2. The highest BCUT2D eigenvalue weighted by Gasteiger charge is 2.27. The second-order valence-corrected chi connectivity index (χ2v) is 19.6. The van der Waals surface area contributed by atoms with E-state index in [-0.39, 0.29) is 0 Å². The van der Waals surface area contributed by atoms with Crippen molar-refractivity contribution in [1.82, 2.24) is 29.9 Å². The van der Waals surface area contributed by atoms with E-state index < -0.39 is 0 Å². The van der Waals surface area contributed by atoms with Gasteiger partial charge in [0, 0.05) is 88.8 Å². The van der Waals surface area contributed by atoms with Gasteiger partial charge in [-0.25, -0.2) is 15.0 Å². The first-order valence-corrected chi connectivity index (χ1v) is 25.3. The van der Waals surface area contributed by atoms with Crippen LogP contribution in [0.25, 0.3) is 98.8 Å². The minimum Gasteiger partial charge on any atom is -0.256 e. The Labute approximate surface area is 429 Å². The van der Waals surface area contributed by atoms with Crippen LogP contribution in [0.4, 0.5) is 17.1 Å². The summed E-state index contributed by atoms with van der Waals surface area (Å²) in [7, 11) is 0. The SMILES string of the molecule is c1cnc2c(c1)c1c(c3ncccc32)N=C(c2ccc(-c3cc(-c4ccc(C5=Nc6c(c7cccnc7c7cccnc67)C5)cc4)cc(-c4ccc(C5=Nc6c(c7cccnc7c7cccnc67)C5)cc4)c3)cc2)C1. The van der Waals surface area contributed by atoms with Gasteiger partial charge in [0.1, 0.15) is 0 Å². The lowest BCUT2D eigenvalue weighted by atomic mass is 9.91. The molecule has 9 heteroatoms. The van der Waals surface area contributed by atoms with Crippen LogP contribution >= 0.6 is 0 Å². The fourth-order valence-corrected chi connectivity index (χ4v) is 11.9. The number of pyridine rings is 6. The molecule has 0 atom stereocenters. The molecule has 0 fully saturated rings. The third-order valence-electron chi connectivity index (χ3n) is 15.5. The number of rotatable bonds is 6. The van der Waals surface area contributed by atoms with Crippen molar-refractivity contribution in [2.75, 3.05) is 0 Å². The number of aliphatic imine (C=N–C) groups is 3. The first-order valence-electron chi connectivity index (χ1n) is 25.3. The quantitative estimate of drug-likeness (QED) is 0.153. The number of hydrogen-bond donors (Lipinski definition) is 0. The Morgan fingerprint density at radius 2 is 0.467 bits per heavy atom. The van der Waals surface area contributed by atoms with Crippen molar-refractivity contribution in [1.29, 1.82) is 0 Å². The number of hydrogen-bond acceptors (Lipinski definition) is 9. The molecule has 0 N–H and O–H groups in total. The highest BCUT2D eigenvalue weighted by Crippen LogP contribution is 2.45. The van der Waals surface area contributed by atoms with Gasteiger partial charge in [0.2, 0.25) is 0 Å². The largest absolute Gasteiger partial charge is 0.256 e. The van der Waals surface area contributed by atoms with Gasteiger partial charge in [0.05, 0.1) is 67.3 Å². The molecule has 9 heterocycles. The summed E-state index contributed by atoms with van der Waals surface area (Å²) in [6, 6.07) is 58.3. The number of benzene rings is 7. The normalized spacial score (nSPS) is 13.7. The van der Waals surface area contributed by atoms with Crippen LogP contribution < -0.4 is 0 Å². The van der Waals surface area contributed by atoms with Crippen LogP contribution in [0.3, 0.4) is 0 Å². The van der Waals surface area contributed by atoms with Crippen LogP contribution in [0.15, 0.2) is 216 Å². The third-order valence-corrected chi connectivity index (χ3v) is 15.5. The predicted molar refractivity (Wildman–Crippen MR) is 304 cm³/mol. The van der Waals surface area contributed by atoms with Gasteiger partial charge >= 0.3 is 0 Å². The summed E-state index contributed by atoms with van der Waals surface area (Å²) in [6.07, 6.45) is 13.2. The monoisotopic (exact) mass is 957 g/mol. The lowest BCUT2D eigenvalue weighted by molar-refractivity contribution is 1.36. The van der Waals surface area contributed by atoms with E-state index >= 15 is 0 Å². The van der Waals surface area contributed by atoms with Gasteiger partial charge in [-0.15, -0.1) is 0 Å². The van der Waals surface area contributed by atoms with Crippen molar-refractivity contribution in [3.05, 3.63) is 234 Å². The molecule has 16 rings (SSSR count). The Bertz CT molecular complexity index is 4220. The van der Waals surface area contributed by atoms with Crippen molar-refractivity contribution in [3.63, 3.8) is 0 Å². The van der Waals surface area contributed by atoms with Crippen LogP contribution in [-0.2, 0) is 19.3 Å². The van der Waals surface area contributed by atoms with Crippen molar-refractivity contribution in [2.45, 2.75) is 19.3 Å². The fourth-order valence-electron chi connectivity index (χ4n) is 11.9. The van der Waals surface area contributed by atoms with Gasteiger partial charge < -0.3 is 0 Å². The van der Waals surface area contributed by atoms with Gasteiger partial charge in [-0.3, -0.25) is 29.9 Å². The van der Waals surface area contributed by atoms with Crippen LogP contribution in [0.2, 0.25) is 0 Å². The summed E-state index contributed by atoms with van der Waals surface area (Å²) in [5.41, 5.74) is 25.1. The second kappa shape index (κ2) is 16.3. The summed E-state index contributed by atoms with van der Waals surface area (Å²) in [5, 5.41) is 6.47. The van der Waals surface area contributed by atoms with E-state index in [0.717, 1.165) is 150 Å². The van der Waals surface area contributed by atoms with E-state index in [1.165, 1.54) is 16.7 Å². The fraction of sp³-hybridized carbons (Fsp3) is 0.0455. The first-order chi connectivity index (χ1) is 37.1. The molecule has 75 heavy (non-hydrogen) atoms. The van der Waals surface area contributed by atoms with E-state index in [2.05, 4.69) is 127 Å². The van der Waals surface area contributed by atoms with E-state index in [4.69, 9.17) is 44.9 Å². The highest BCUT2D eigenvalue weighted by atomic mass is 14.9. The summed E-state index contributed by atoms with van der Waals surface area (Å²) < 4.78 is 0. The molecule has 7 aromatic carbocycles. The molecular formula is C66H39N9. The standard InChI is InChI=1S/C66H39N9/c1-7-46-52-34-55(73-64(52)61-49(10-4-28-70-61)58(46)67-25-1)40-19-13-37(14-20-40)43-31-44(38-15-21-41(22-16-38)56-35-53-47-8-2-26-68-59(47)50-11-5-29-71-62(50)65(53)74-56)33-45(32-43)39-17-23-42(24-18-39)57-36-54-48-9-3-27-69-60(48)51-12-6-30-72-63(51)66(54)75-57/h1-33H,34-36H2. The van der Waals surface area contributed by atoms with Crippen LogP contribution in [0, 0.1) is 0 Å². The zero-order valence-electron chi connectivity index (χ0n) is 40.2. The smallest absolute Gasteiger partial charge is 0.0983 e. The van der Waals surface area contributed by atoms with Crippen molar-refractivity contribution < 1.29 is 0 Å². The average molecular weight is 958 g/mol. The Hall–Kier alpha value is -9.99. The molecule has 0 bridgehead atoms. The maximum Gasteiger partial charge on any atom is 0.0983 e. The lowest BCUT2D eigenvalue weighted by Gasteiger charge is -2.13. The molecule has 0 radical (unpaired) electrons. The van der Waals surface area contributed by atoms with Crippen molar-refractivity contribution in [3.8, 4) is 33.4 Å². The van der Waals surface area contributed by atoms with Gasteiger partial charge in [0.15, 0.2) is 0 Å². The van der Waals surface area contributed by atoms with E-state index in [0.29, 0.717) is 19.3 Å². The van der Waals surface area contributed by atoms with E-state index in [1.807, 2.05) is 73.6 Å². The molecule has 6 aromatic heterocycles. The third kappa shape index (κ3) is 6.54. The molecule has 9 nitrogen and oxygen atoms in total. The molecule has 348 valence electrons. The predicted octanol–water partition coefficient (Wildman–Crippen LogP) is 15.0. The number of fused-ring (bicyclic) bond motifs is 18. The average Bonchev–Trinajstić information content (AvgIpc) is 4.27. The highest BCUT2D eigenvalue weighted by molar-refractivity contribution is 6.21. The maximum absolute atomic E-state index is 5.26. The van der Waals surface area contributed by atoms with E-state index in [1.54, 1.807) is 0 Å². The first kappa shape index (κ1) is 41.6. The zero-order chi connectivity index (χ0) is 49.1. The molecule has 0 aliphatic carbocycles. The van der Waals surface area contributed by atoms with Crippen LogP contribution in [0.1, 0.15) is 33.4 Å². The lowest BCUT2D eigenvalue weighted by Crippen LogP contribution is -2.01. The Kier molecular flexibility index (Phi) is 9.02. The molecule has 3 aliphatic rings. The van der Waals surface area contributed by atoms with E-state index in [9.17, 15) is 0 Å². The molecular weight excluding hydrogens is 919 g/mol. The molecule has 0 saturated carbocycles. The molecule has 0 saturated heterocycles. The molecule has 0 unspecified atom stereocenters. The molecule has 13 aromatic rings. The van der Waals surface area contributed by atoms with Gasteiger partial charge in [0.25, 0.3) is 0 Å². The number of nitrogens with zero attached hydrogens (tertiary/aromatic N) is 9. The van der Waals surface area contributed by atoms with Gasteiger partial charge in [-0.05, 0) is 140 Å². The maximum atomic E-state index is 5.26. The van der Waals surface area contributed by atoms with Crippen molar-refractivity contribution in [2.24, 2.45) is 15.0 Å². The second-order valence-electron chi connectivity index (χ2n) is 19.6. The summed E-state index contributed by atoms with van der Waals surface area (Å²) >= 11 is 0. The Morgan fingerprint density at radius 3 is 0.747 bits per heavy atom. The van der Waals surface area contributed by atoms with Gasteiger partial charge in [-0.2, -0.15) is 0 Å². The minimum absolute atomic E-state index is 0.717. The number of aromatic nitrogens is 6. The summed E-state index contributed by atoms with van der Waals surface area (Å²) in [4.78, 5) is 44.5. The van der Waals surface area contributed by atoms with Crippen LogP contribution in [0.5, 0.6) is 0 Å². The molecule has 0 spiro atoms. The van der Waals surface area contributed by atoms with Crippen molar-refractivity contribution >= 4 is 99.6 Å². The minimum atomic E-state index is 0.717. The topological polar surface area (TPSA) is 114 Å². The molecule has 0 amide bonds. The summed E-state index contributed by atoms with van der Waals surface area (Å²) in [5.74, 6) is 0. The molecule has 3 aliphatic heterocycles. The van der Waals surface area contributed by atoms with Gasteiger partial charge in [-0.1, -0.05) is 91.0 Å². The summed E-state index contributed by atoms with van der Waals surface area (Å²) in [6.45, 7) is 0. The Balaban J connectivity index is 0.760.